The molecule has 1 aliphatic carbocycles. The maximum atomic E-state index is 12.5. The van der Waals surface area contributed by atoms with Crippen LogP contribution in [0.4, 0.5) is 5.69 Å². The summed E-state index contributed by atoms with van der Waals surface area (Å²) in [7, 11) is 0. The second-order valence-corrected chi connectivity index (χ2v) is 6.62. The summed E-state index contributed by atoms with van der Waals surface area (Å²) in [6.45, 7) is 6.22. The summed E-state index contributed by atoms with van der Waals surface area (Å²) in [5.41, 5.74) is 4.95. The molecule has 3 rings (SSSR count). The van der Waals surface area contributed by atoms with Gasteiger partial charge in [-0.2, -0.15) is 0 Å². The first kappa shape index (κ1) is 15.5. The summed E-state index contributed by atoms with van der Waals surface area (Å²) >= 11 is 0. The molecule has 2 N–H and O–H groups in total. The Morgan fingerprint density at radius 2 is 2.00 bits per heavy atom. The van der Waals surface area contributed by atoms with Gasteiger partial charge in [0.2, 0.25) is 0 Å². The number of anilines is 1. The van der Waals surface area contributed by atoms with E-state index >= 15 is 0 Å². The van der Waals surface area contributed by atoms with E-state index in [0.717, 1.165) is 36.1 Å². The Labute approximate surface area is 135 Å². The minimum absolute atomic E-state index is 0.191. The van der Waals surface area contributed by atoms with Gasteiger partial charge in [-0.1, -0.05) is 13.0 Å². The number of amides is 1. The Bertz CT molecular complexity index is 821. The average Bonchev–Trinajstić information content (AvgIpc) is 2.50. The highest BCUT2D eigenvalue weighted by atomic mass is 16.2. The number of rotatable bonds is 2. The van der Waals surface area contributed by atoms with Crippen molar-refractivity contribution in [3.8, 4) is 0 Å². The van der Waals surface area contributed by atoms with Gasteiger partial charge < -0.3 is 10.3 Å². The van der Waals surface area contributed by atoms with Crippen molar-refractivity contribution in [1.29, 1.82) is 0 Å². The minimum Gasteiger partial charge on any atom is -0.325 e. The van der Waals surface area contributed by atoms with E-state index in [0.29, 0.717) is 11.6 Å². The van der Waals surface area contributed by atoms with E-state index in [9.17, 15) is 9.59 Å². The van der Waals surface area contributed by atoms with Gasteiger partial charge >= 0.3 is 0 Å². The maximum absolute atomic E-state index is 12.5. The van der Waals surface area contributed by atoms with Crippen LogP contribution in [0.15, 0.2) is 29.1 Å². The Hall–Kier alpha value is -2.36. The quantitative estimate of drug-likeness (QED) is 0.893. The fourth-order valence-electron chi connectivity index (χ4n) is 3.07. The van der Waals surface area contributed by atoms with Crippen LogP contribution < -0.4 is 10.9 Å². The maximum Gasteiger partial charge on any atom is 0.261 e. The highest BCUT2D eigenvalue weighted by Crippen LogP contribution is 2.23. The van der Waals surface area contributed by atoms with Crippen molar-refractivity contribution >= 4 is 11.6 Å². The topological polar surface area (TPSA) is 62.0 Å². The van der Waals surface area contributed by atoms with Crippen molar-refractivity contribution in [2.75, 3.05) is 5.32 Å². The molecule has 2 aromatic rings. The molecule has 0 bridgehead atoms. The molecule has 120 valence electrons. The predicted octanol–water partition coefficient (Wildman–Crippen LogP) is 3.37. The van der Waals surface area contributed by atoms with Crippen LogP contribution in [-0.4, -0.2) is 10.9 Å². The molecule has 23 heavy (non-hydrogen) atoms. The first-order valence-electron chi connectivity index (χ1n) is 8.07. The highest BCUT2D eigenvalue weighted by Gasteiger charge is 2.20. The van der Waals surface area contributed by atoms with Crippen molar-refractivity contribution < 1.29 is 4.79 Å². The first-order chi connectivity index (χ1) is 10.9. The number of nitrogens with one attached hydrogen (secondary N) is 2. The molecule has 0 saturated heterocycles. The highest BCUT2D eigenvalue weighted by molar-refractivity contribution is 6.04. The normalized spacial score (nSPS) is 16.7. The molecule has 4 heteroatoms. The number of carbonyl (C=O) groups excluding carboxylic acids is 1. The Morgan fingerprint density at radius 1 is 1.22 bits per heavy atom. The van der Waals surface area contributed by atoms with Crippen LogP contribution in [0.5, 0.6) is 0 Å². The molecule has 4 nitrogen and oxygen atoms in total. The lowest BCUT2D eigenvalue weighted by Crippen LogP contribution is -2.27. The fourth-order valence-corrected chi connectivity index (χ4v) is 3.07. The van der Waals surface area contributed by atoms with Gasteiger partial charge in [0.15, 0.2) is 0 Å². The number of fused-ring (bicyclic) bond motifs is 1. The summed E-state index contributed by atoms with van der Waals surface area (Å²) in [4.78, 5) is 27.6. The zero-order valence-electron chi connectivity index (χ0n) is 13.8. The van der Waals surface area contributed by atoms with Gasteiger partial charge in [0.05, 0.1) is 0 Å². The Kier molecular flexibility index (Phi) is 4.07. The van der Waals surface area contributed by atoms with Crippen LogP contribution in [0.2, 0.25) is 0 Å². The monoisotopic (exact) mass is 310 g/mol. The zero-order valence-corrected chi connectivity index (χ0v) is 13.8. The molecule has 1 aromatic carbocycles. The van der Waals surface area contributed by atoms with E-state index in [-0.39, 0.29) is 17.0 Å². The van der Waals surface area contributed by atoms with Crippen molar-refractivity contribution in [2.24, 2.45) is 5.92 Å². The number of hydrogen-bond donors (Lipinski definition) is 2. The number of hydrogen-bond acceptors (Lipinski definition) is 2. The SMILES string of the molecule is Cc1ccc(NC(=O)c2cc3c([nH]c2=O)CCC(C)C3)cc1C. The van der Waals surface area contributed by atoms with Crippen LogP contribution in [-0.2, 0) is 12.8 Å². The lowest BCUT2D eigenvalue weighted by molar-refractivity contribution is 0.102. The Morgan fingerprint density at radius 3 is 2.74 bits per heavy atom. The molecule has 0 saturated carbocycles. The number of benzene rings is 1. The van der Waals surface area contributed by atoms with Crippen molar-refractivity contribution in [2.45, 2.75) is 40.0 Å². The lowest BCUT2D eigenvalue weighted by Gasteiger charge is -2.21. The summed E-state index contributed by atoms with van der Waals surface area (Å²) in [6, 6.07) is 7.50. The van der Waals surface area contributed by atoms with Gasteiger partial charge in [0.1, 0.15) is 5.56 Å². The third-order valence-electron chi connectivity index (χ3n) is 4.68. The van der Waals surface area contributed by atoms with Crippen molar-refractivity contribution in [3.63, 3.8) is 0 Å². The molecule has 1 aromatic heterocycles. The molecule has 0 spiro atoms. The van der Waals surface area contributed by atoms with Crippen molar-refractivity contribution in [3.05, 3.63) is 62.6 Å². The third-order valence-corrected chi connectivity index (χ3v) is 4.68. The van der Waals surface area contributed by atoms with Gasteiger partial charge in [-0.15, -0.1) is 0 Å². The summed E-state index contributed by atoms with van der Waals surface area (Å²) < 4.78 is 0. The number of pyridine rings is 1. The van der Waals surface area contributed by atoms with Gasteiger partial charge in [-0.25, -0.2) is 0 Å². The van der Waals surface area contributed by atoms with E-state index < -0.39 is 0 Å². The van der Waals surface area contributed by atoms with Gasteiger partial charge in [-0.05, 0) is 73.9 Å². The molecule has 1 atom stereocenters. The van der Waals surface area contributed by atoms with Crippen LogP contribution in [0.25, 0.3) is 0 Å². The van der Waals surface area contributed by atoms with Gasteiger partial charge in [-0.3, -0.25) is 9.59 Å². The number of aryl methyl sites for hydroxylation is 3. The van der Waals surface area contributed by atoms with E-state index in [4.69, 9.17) is 0 Å². The lowest BCUT2D eigenvalue weighted by atomic mass is 9.87. The second kappa shape index (κ2) is 6.03. The van der Waals surface area contributed by atoms with Crippen LogP contribution in [0.3, 0.4) is 0 Å². The molecule has 1 amide bonds. The summed E-state index contributed by atoms with van der Waals surface area (Å²) in [5.74, 6) is 0.236. The second-order valence-electron chi connectivity index (χ2n) is 6.62. The fraction of sp³-hybridized carbons (Fsp3) is 0.368. The zero-order chi connectivity index (χ0) is 16.6. The number of H-pyrrole nitrogens is 1. The van der Waals surface area contributed by atoms with E-state index in [1.165, 1.54) is 5.56 Å². The summed E-state index contributed by atoms with van der Waals surface area (Å²) in [6.07, 6.45) is 2.87. The minimum atomic E-state index is -0.351. The van der Waals surface area contributed by atoms with Gasteiger partial charge in [0, 0.05) is 11.4 Å². The first-order valence-corrected chi connectivity index (χ1v) is 8.07. The smallest absolute Gasteiger partial charge is 0.261 e. The average molecular weight is 310 g/mol. The molecule has 1 heterocycles. The Balaban J connectivity index is 1.88. The van der Waals surface area contributed by atoms with E-state index in [1.807, 2.05) is 32.0 Å². The third kappa shape index (κ3) is 3.21. The largest absolute Gasteiger partial charge is 0.325 e. The van der Waals surface area contributed by atoms with Crippen LogP contribution in [0.1, 0.15) is 46.1 Å². The molecule has 0 fully saturated rings. The standard InChI is InChI=1S/C19H22N2O2/c1-11-4-7-17-14(8-11)10-16(19(23)21-17)18(22)20-15-6-5-12(2)13(3)9-15/h5-6,9-11H,4,7-8H2,1-3H3,(H,20,22)(H,21,23). The van der Waals surface area contributed by atoms with E-state index in [2.05, 4.69) is 17.2 Å². The van der Waals surface area contributed by atoms with E-state index in [1.54, 1.807) is 6.07 Å². The van der Waals surface area contributed by atoms with Crippen LogP contribution in [0, 0.1) is 19.8 Å². The van der Waals surface area contributed by atoms with Crippen LogP contribution >= 0.6 is 0 Å². The number of carbonyl (C=O) groups is 1. The van der Waals surface area contributed by atoms with Crippen molar-refractivity contribution in [1.82, 2.24) is 4.98 Å². The molecule has 1 unspecified atom stereocenters. The predicted molar refractivity (Wildman–Crippen MR) is 92.1 cm³/mol. The molecule has 1 aliphatic rings. The molecular formula is C19H22N2O2. The molecule has 0 aliphatic heterocycles. The number of aromatic nitrogens is 1. The number of aromatic amines is 1. The summed E-state index contributed by atoms with van der Waals surface area (Å²) in [5, 5.41) is 2.83. The molecular weight excluding hydrogens is 288 g/mol. The van der Waals surface area contributed by atoms with Gasteiger partial charge in [0.25, 0.3) is 11.5 Å². The molecule has 0 radical (unpaired) electrons.